The molecule has 1 saturated carbocycles. The molecule has 2 amide bonds. The number of amides is 2. The predicted octanol–water partition coefficient (Wildman–Crippen LogP) is 5.40. The maximum atomic E-state index is 13.4. The summed E-state index contributed by atoms with van der Waals surface area (Å²) < 4.78 is 0. The molecule has 0 radical (unpaired) electrons. The summed E-state index contributed by atoms with van der Waals surface area (Å²) in [5, 5.41) is 3.21. The Morgan fingerprint density at radius 1 is 1.09 bits per heavy atom. The first-order chi connectivity index (χ1) is 15.5. The Hall–Kier alpha value is -2.27. The molecule has 0 spiro atoms. The van der Waals surface area contributed by atoms with Gasteiger partial charge in [-0.1, -0.05) is 73.9 Å². The third-order valence-electron chi connectivity index (χ3n) is 6.27. The summed E-state index contributed by atoms with van der Waals surface area (Å²) in [5.74, 6) is 1.17. The van der Waals surface area contributed by atoms with Crippen LogP contribution in [0.4, 0.5) is 0 Å². The zero-order valence-corrected chi connectivity index (χ0v) is 20.4. The maximum absolute atomic E-state index is 13.4. The van der Waals surface area contributed by atoms with Gasteiger partial charge in [0.05, 0.1) is 5.75 Å². The smallest absolute Gasteiger partial charge is 0.243 e. The monoisotopic (exact) mass is 452 g/mol. The molecule has 0 saturated heterocycles. The minimum atomic E-state index is -0.442. The zero-order chi connectivity index (χ0) is 22.9. The predicted molar refractivity (Wildman–Crippen MR) is 134 cm³/mol. The normalized spacial score (nSPS) is 14.8. The largest absolute Gasteiger partial charge is 0.352 e. The number of benzene rings is 2. The number of hydrogen-bond donors (Lipinski definition) is 1. The van der Waals surface area contributed by atoms with Crippen LogP contribution in [-0.2, 0) is 21.9 Å². The Morgan fingerprint density at radius 3 is 2.53 bits per heavy atom. The van der Waals surface area contributed by atoms with Gasteiger partial charge in [-0.25, -0.2) is 0 Å². The van der Waals surface area contributed by atoms with E-state index in [1.165, 1.54) is 24.0 Å². The molecule has 32 heavy (non-hydrogen) atoms. The molecule has 2 aromatic rings. The van der Waals surface area contributed by atoms with Gasteiger partial charge in [-0.15, -0.1) is 11.8 Å². The molecule has 1 fully saturated rings. The van der Waals surface area contributed by atoms with Gasteiger partial charge < -0.3 is 10.2 Å². The lowest BCUT2D eigenvalue weighted by atomic mass is 10.1. The van der Waals surface area contributed by atoms with E-state index in [-0.39, 0.29) is 17.9 Å². The third kappa shape index (κ3) is 6.86. The summed E-state index contributed by atoms with van der Waals surface area (Å²) in [5.41, 5.74) is 4.69. The highest BCUT2D eigenvalue weighted by atomic mass is 32.2. The molecule has 0 aromatic heterocycles. The van der Waals surface area contributed by atoms with Gasteiger partial charge in [0, 0.05) is 18.3 Å². The first-order valence-corrected chi connectivity index (χ1v) is 12.9. The van der Waals surface area contributed by atoms with Crippen molar-refractivity contribution in [2.75, 3.05) is 5.75 Å². The molecule has 1 N–H and O–H groups in total. The molecule has 5 heteroatoms. The topological polar surface area (TPSA) is 49.4 Å². The zero-order valence-electron chi connectivity index (χ0n) is 19.6. The van der Waals surface area contributed by atoms with Gasteiger partial charge in [0.2, 0.25) is 11.8 Å². The summed E-state index contributed by atoms with van der Waals surface area (Å²) >= 11 is 1.62. The van der Waals surface area contributed by atoms with Gasteiger partial charge in [0.15, 0.2) is 0 Å². The van der Waals surface area contributed by atoms with Crippen LogP contribution >= 0.6 is 11.8 Å². The van der Waals surface area contributed by atoms with Crippen molar-refractivity contribution in [1.82, 2.24) is 10.2 Å². The van der Waals surface area contributed by atoms with Crippen molar-refractivity contribution in [3.8, 4) is 0 Å². The van der Waals surface area contributed by atoms with Crippen LogP contribution in [0.25, 0.3) is 0 Å². The number of nitrogens with one attached hydrogen (secondary N) is 1. The molecule has 1 aliphatic carbocycles. The van der Waals surface area contributed by atoms with Crippen LogP contribution < -0.4 is 5.32 Å². The molecule has 0 bridgehead atoms. The van der Waals surface area contributed by atoms with Crippen molar-refractivity contribution < 1.29 is 9.59 Å². The molecule has 0 aliphatic heterocycles. The Morgan fingerprint density at radius 2 is 1.84 bits per heavy atom. The fourth-order valence-electron chi connectivity index (χ4n) is 4.40. The Labute approximate surface area is 197 Å². The van der Waals surface area contributed by atoms with Crippen LogP contribution in [0.3, 0.4) is 0 Å². The van der Waals surface area contributed by atoms with Crippen molar-refractivity contribution in [3.05, 3.63) is 70.8 Å². The minimum absolute atomic E-state index is 0.00924. The van der Waals surface area contributed by atoms with Crippen LogP contribution in [0.1, 0.15) is 61.3 Å². The molecule has 2 aromatic carbocycles. The quantitative estimate of drug-likeness (QED) is 0.525. The van der Waals surface area contributed by atoms with E-state index in [9.17, 15) is 9.59 Å². The highest BCUT2D eigenvalue weighted by molar-refractivity contribution is 7.99. The molecule has 0 unspecified atom stereocenters. The molecular weight excluding hydrogens is 416 g/mol. The van der Waals surface area contributed by atoms with E-state index in [0.29, 0.717) is 18.7 Å². The highest BCUT2D eigenvalue weighted by Gasteiger charge is 2.30. The Kier molecular flexibility index (Phi) is 9.22. The number of rotatable bonds is 10. The summed E-state index contributed by atoms with van der Waals surface area (Å²) in [6.07, 6.45) is 5.03. The first-order valence-electron chi connectivity index (χ1n) is 11.8. The van der Waals surface area contributed by atoms with E-state index in [0.717, 1.165) is 29.7 Å². The van der Waals surface area contributed by atoms with E-state index in [1.807, 2.05) is 19.1 Å². The van der Waals surface area contributed by atoms with E-state index in [4.69, 9.17) is 0 Å². The van der Waals surface area contributed by atoms with Gasteiger partial charge in [0.25, 0.3) is 0 Å². The van der Waals surface area contributed by atoms with E-state index in [1.54, 1.807) is 16.7 Å². The molecule has 172 valence electrons. The van der Waals surface area contributed by atoms with Gasteiger partial charge in [-0.2, -0.15) is 0 Å². The van der Waals surface area contributed by atoms with Gasteiger partial charge in [0.1, 0.15) is 6.04 Å². The lowest BCUT2D eigenvalue weighted by molar-refractivity contribution is -0.139. The maximum Gasteiger partial charge on any atom is 0.243 e. The summed E-state index contributed by atoms with van der Waals surface area (Å²) in [6.45, 7) is 6.60. The molecule has 0 heterocycles. The second-order valence-electron chi connectivity index (χ2n) is 8.84. The summed E-state index contributed by atoms with van der Waals surface area (Å²) in [6, 6.07) is 16.3. The average Bonchev–Trinajstić information content (AvgIpc) is 3.28. The third-order valence-corrected chi connectivity index (χ3v) is 7.25. The lowest BCUT2D eigenvalue weighted by Gasteiger charge is -2.32. The van der Waals surface area contributed by atoms with Crippen LogP contribution in [0.15, 0.2) is 48.5 Å². The SMILES string of the molecule is CC[C@H](C(=O)NC1CCCC1)N(Cc1ccccc1C)C(=O)CSCc1cccc(C)c1. The second kappa shape index (κ2) is 12.1. The van der Waals surface area contributed by atoms with E-state index < -0.39 is 6.04 Å². The van der Waals surface area contributed by atoms with Gasteiger partial charge in [-0.3, -0.25) is 9.59 Å². The number of aryl methyl sites for hydroxylation is 2. The fraction of sp³-hybridized carbons (Fsp3) is 0.481. The van der Waals surface area contributed by atoms with Crippen molar-refractivity contribution in [3.63, 3.8) is 0 Å². The molecule has 1 aliphatic rings. The van der Waals surface area contributed by atoms with Gasteiger partial charge in [-0.05, 0) is 49.8 Å². The van der Waals surface area contributed by atoms with E-state index >= 15 is 0 Å². The first kappa shape index (κ1) is 24.4. The fourth-order valence-corrected chi connectivity index (χ4v) is 5.26. The highest BCUT2D eigenvalue weighted by Crippen LogP contribution is 2.21. The number of nitrogens with zero attached hydrogens (tertiary/aromatic N) is 1. The van der Waals surface area contributed by atoms with Crippen molar-refractivity contribution in [2.45, 2.75) is 77.3 Å². The molecule has 3 rings (SSSR count). The van der Waals surface area contributed by atoms with Crippen LogP contribution in [0.5, 0.6) is 0 Å². The van der Waals surface area contributed by atoms with Crippen LogP contribution in [-0.4, -0.2) is 34.6 Å². The van der Waals surface area contributed by atoms with Crippen LogP contribution in [0, 0.1) is 13.8 Å². The Balaban J connectivity index is 1.71. The molecular formula is C27H36N2O2S. The minimum Gasteiger partial charge on any atom is -0.352 e. The van der Waals surface area contributed by atoms with Crippen molar-refractivity contribution in [2.24, 2.45) is 0 Å². The summed E-state index contributed by atoms with van der Waals surface area (Å²) in [4.78, 5) is 28.4. The number of carbonyl (C=O) groups excluding carboxylic acids is 2. The number of carbonyl (C=O) groups is 2. The number of thioether (sulfide) groups is 1. The second-order valence-corrected chi connectivity index (χ2v) is 9.83. The molecule has 1 atom stereocenters. The number of hydrogen-bond acceptors (Lipinski definition) is 3. The van der Waals surface area contributed by atoms with Crippen molar-refractivity contribution in [1.29, 1.82) is 0 Å². The van der Waals surface area contributed by atoms with Gasteiger partial charge >= 0.3 is 0 Å². The van der Waals surface area contributed by atoms with Crippen molar-refractivity contribution >= 4 is 23.6 Å². The standard InChI is InChI=1S/C27H36N2O2S/c1-4-25(27(31)28-24-14-7-8-15-24)29(17-23-13-6-5-11-21(23)3)26(30)19-32-18-22-12-9-10-20(2)16-22/h5-6,9-13,16,24-25H,4,7-8,14-15,17-19H2,1-3H3,(H,28,31)/t25-/m1/s1. The van der Waals surface area contributed by atoms with Crippen LogP contribution in [0.2, 0.25) is 0 Å². The summed E-state index contributed by atoms with van der Waals surface area (Å²) in [7, 11) is 0. The Bertz CT molecular complexity index is 908. The lowest BCUT2D eigenvalue weighted by Crippen LogP contribution is -2.51. The average molecular weight is 453 g/mol. The van der Waals surface area contributed by atoms with E-state index in [2.05, 4.69) is 55.6 Å². The molecule has 4 nitrogen and oxygen atoms in total.